The second kappa shape index (κ2) is 7.93. The first kappa shape index (κ1) is 20.1. The zero-order valence-electron chi connectivity index (χ0n) is 17.3. The van der Waals surface area contributed by atoms with Crippen molar-refractivity contribution >= 4 is 22.9 Å². The number of Topliss-reactive ketones (excluding diaryl/α,β-unsaturated/α-hetero) is 1. The van der Waals surface area contributed by atoms with Crippen molar-refractivity contribution in [3.8, 4) is 5.75 Å². The average molecular weight is 404 g/mol. The predicted octanol–water partition coefficient (Wildman–Crippen LogP) is 0.408. The quantitative estimate of drug-likeness (QED) is 0.670. The molecule has 4 rings (SSSR count). The van der Waals surface area contributed by atoms with Crippen molar-refractivity contribution in [2.45, 2.75) is 12.8 Å². The number of hydrogen-bond donors (Lipinski definition) is 2. The largest absolute Gasteiger partial charge is 0.507 e. The highest BCUT2D eigenvalue weighted by Crippen LogP contribution is 2.37. The molecule has 0 saturated carbocycles. The Kier molecular flexibility index (Phi) is 5.32. The first-order valence-corrected chi connectivity index (χ1v) is 9.95. The first-order valence-electron chi connectivity index (χ1n) is 9.95. The lowest BCUT2D eigenvalue weighted by atomic mass is 9.91. The van der Waals surface area contributed by atoms with Gasteiger partial charge >= 0.3 is 0 Å². The third-order valence-corrected chi connectivity index (χ3v) is 5.42. The molecule has 0 saturated heterocycles. The number of aromatic hydroxyl groups is 1. The fourth-order valence-electron chi connectivity index (χ4n) is 3.95. The molecule has 7 heteroatoms. The van der Waals surface area contributed by atoms with Gasteiger partial charge in [-0.15, -0.1) is 0 Å². The van der Waals surface area contributed by atoms with Crippen LogP contribution in [0.5, 0.6) is 5.75 Å². The number of rotatable bonds is 6. The number of ketones is 2. The molecule has 154 valence electrons. The highest BCUT2D eigenvalue weighted by molar-refractivity contribution is 6.57. The zero-order chi connectivity index (χ0) is 21.4. The molecule has 0 atom stereocenters. The van der Waals surface area contributed by atoms with Crippen LogP contribution in [-0.4, -0.2) is 61.5 Å². The van der Waals surface area contributed by atoms with Crippen molar-refractivity contribution in [1.82, 2.24) is 10.2 Å². The topological polar surface area (TPSA) is 94.4 Å². The molecule has 0 radical (unpaired) electrons. The van der Waals surface area contributed by atoms with Crippen molar-refractivity contribution in [2.24, 2.45) is 9.98 Å². The summed E-state index contributed by atoms with van der Waals surface area (Å²) in [4.78, 5) is 36.3. The van der Waals surface area contributed by atoms with Gasteiger partial charge in [0.1, 0.15) is 5.75 Å². The number of fused-ring (bicyclic) bond motifs is 2. The molecule has 0 unspecified atom stereocenters. The summed E-state index contributed by atoms with van der Waals surface area (Å²) >= 11 is 0. The number of phenols is 1. The van der Waals surface area contributed by atoms with Crippen LogP contribution in [0.3, 0.4) is 0 Å². The molecular formula is C23H24N4O3. The van der Waals surface area contributed by atoms with Crippen LogP contribution in [0.4, 0.5) is 0 Å². The SMILES string of the molecule is CNCCC1=C2C(=O)C(=O)C=CC2=NC1=C1N=c2cccc(O)c2=C1CCN(C)C. The normalized spacial score (nSPS) is 20.1. The van der Waals surface area contributed by atoms with Gasteiger partial charge in [-0.25, -0.2) is 9.98 Å². The lowest BCUT2D eigenvalue weighted by Crippen LogP contribution is -2.24. The number of allylic oxidation sites excluding steroid dienone is 5. The van der Waals surface area contributed by atoms with Crippen molar-refractivity contribution in [1.29, 1.82) is 0 Å². The molecular weight excluding hydrogens is 380 g/mol. The molecule has 1 aliphatic carbocycles. The molecule has 0 aromatic heterocycles. The lowest BCUT2D eigenvalue weighted by molar-refractivity contribution is -0.131. The van der Waals surface area contributed by atoms with Crippen LogP contribution in [0, 0.1) is 0 Å². The van der Waals surface area contributed by atoms with Crippen LogP contribution in [0.25, 0.3) is 5.57 Å². The second-order valence-electron chi connectivity index (χ2n) is 7.74. The van der Waals surface area contributed by atoms with E-state index < -0.39 is 11.6 Å². The van der Waals surface area contributed by atoms with Crippen molar-refractivity contribution in [2.75, 3.05) is 34.2 Å². The Morgan fingerprint density at radius 1 is 1.03 bits per heavy atom. The van der Waals surface area contributed by atoms with Crippen LogP contribution < -0.4 is 15.9 Å². The number of nitrogens with one attached hydrogen (secondary N) is 1. The lowest BCUT2D eigenvalue weighted by Gasteiger charge is -2.14. The summed E-state index contributed by atoms with van der Waals surface area (Å²) in [6.07, 6.45) is 4.09. The summed E-state index contributed by atoms with van der Waals surface area (Å²) in [7, 11) is 5.82. The molecule has 1 aromatic rings. The van der Waals surface area contributed by atoms with E-state index in [9.17, 15) is 14.7 Å². The third-order valence-electron chi connectivity index (χ3n) is 5.42. The van der Waals surface area contributed by atoms with E-state index in [4.69, 9.17) is 9.98 Å². The maximum Gasteiger partial charge on any atom is 0.235 e. The Hall–Kier alpha value is -3.16. The Labute approximate surface area is 174 Å². The Morgan fingerprint density at radius 2 is 1.80 bits per heavy atom. The van der Waals surface area contributed by atoms with Crippen molar-refractivity contribution in [3.63, 3.8) is 0 Å². The molecule has 1 aromatic carbocycles. The van der Waals surface area contributed by atoms with Gasteiger partial charge < -0.3 is 15.3 Å². The first-order chi connectivity index (χ1) is 14.4. The minimum atomic E-state index is -0.529. The van der Waals surface area contributed by atoms with E-state index in [1.165, 1.54) is 6.08 Å². The third kappa shape index (κ3) is 3.36. The van der Waals surface area contributed by atoms with Gasteiger partial charge in [-0.3, -0.25) is 9.59 Å². The summed E-state index contributed by atoms with van der Waals surface area (Å²) in [5.41, 5.74) is 3.81. The van der Waals surface area contributed by atoms with Crippen molar-refractivity contribution in [3.05, 3.63) is 63.5 Å². The van der Waals surface area contributed by atoms with Crippen LogP contribution in [0.15, 0.2) is 62.9 Å². The maximum absolute atomic E-state index is 12.6. The molecule has 2 aliphatic heterocycles. The van der Waals surface area contributed by atoms with E-state index in [-0.39, 0.29) is 5.75 Å². The van der Waals surface area contributed by atoms with E-state index in [0.29, 0.717) is 52.6 Å². The maximum atomic E-state index is 12.6. The fourth-order valence-corrected chi connectivity index (χ4v) is 3.95. The second-order valence-corrected chi connectivity index (χ2v) is 7.74. The number of benzene rings is 1. The van der Waals surface area contributed by atoms with Crippen LogP contribution in [-0.2, 0) is 9.59 Å². The highest BCUT2D eigenvalue weighted by atomic mass is 16.3. The smallest absolute Gasteiger partial charge is 0.235 e. The van der Waals surface area contributed by atoms with Crippen molar-refractivity contribution < 1.29 is 14.7 Å². The molecule has 0 fully saturated rings. The summed E-state index contributed by atoms with van der Waals surface area (Å²) < 4.78 is 0. The van der Waals surface area contributed by atoms with E-state index in [1.54, 1.807) is 18.2 Å². The van der Waals surface area contributed by atoms with Gasteiger partial charge in [0.2, 0.25) is 11.6 Å². The van der Waals surface area contributed by atoms with Gasteiger partial charge in [-0.2, -0.15) is 0 Å². The monoisotopic (exact) mass is 404 g/mol. The van der Waals surface area contributed by atoms with Gasteiger partial charge in [-0.05, 0) is 76.0 Å². The summed E-state index contributed by atoms with van der Waals surface area (Å²) in [5.74, 6) is -0.872. The number of nitrogens with zero attached hydrogens (tertiary/aromatic N) is 3. The van der Waals surface area contributed by atoms with Gasteiger partial charge in [-0.1, -0.05) is 6.07 Å². The van der Waals surface area contributed by atoms with Gasteiger partial charge in [0.15, 0.2) is 0 Å². The standard InChI is InChI=1S/C23H24N4O3/c1-24-11-9-13-20-16(7-8-18(29)23(20)30)26-21(13)22-14(10-12-27(2)3)19-15(25-22)5-4-6-17(19)28/h4-8,24,28H,9-12H2,1-3H3. The predicted molar refractivity (Wildman–Crippen MR) is 115 cm³/mol. The summed E-state index contributed by atoms with van der Waals surface area (Å²) in [6, 6.07) is 5.28. The van der Waals surface area contributed by atoms with E-state index >= 15 is 0 Å². The molecule has 2 heterocycles. The van der Waals surface area contributed by atoms with E-state index in [2.05, 4.69) is 10.2 Å². The molecule has 0 amide bonds. The molecule has 3 aliphatic rings. The van der Waals surface area contributed by atoms with Gasteiger partial charge in [0.05, 0.1) is 28.0 Å². The average Bonchev–Trinajstić information content (AvgIpc) is 3.26. The Bertz CT molecular complexity index is 1200. The number of phenolic OH excluding ortho intramolecular Hbond substituents is 1. The number of carbonyl (C=O) groups excluding carboxylic acids is 2. The molecule has 30 heavy (non-hydrogen) atoms. The number of carbonyl (C=O) groups is 2. The molecule has 0 spiro atoms. The van der Waals surface area contributed by atoms with Crippen LogP contribution in [0.2, 0.25) is 0 Å². The molecule has 2 N–H and O–H groups in total. The van der Waals surface area contributed by atoms with Crippen LogP contribution >= 0.6 is 0 Å². The minimum Gasteiger partial charge on any atom is -0.507 e. The fraction of sp³-hybridized carbons (Fsp3) is 0.304. The minimum absolute atomic E-state index is 0.180. The van der Waals surface area contributed by atoms with Gasteiger partial charge in [0, 0.05) is 11.8 Å². The highest BCUT2D eigenvalue weighted by Gasteiger charge is 2.35. The molecule has 7 nitrogen and oxygen atoms in total. The zero-order valence-corrected chi connectivity index (χ0v) is 17.3. The van der Waals surface area contributed by atoms with E-state index in [0.717, 1.165) is 17.7 Å². The van der Waals surface area contributed by atoms with E-state index in [1.807, 2.05) is 27.2 Å². The summed E-state index contributed by atoms with van der Waals surface area (Å²) in [5, 5.41) is 15.0. The number of aliphatic imine (C=N–C) groups is 1. The van der Waals surface area contributed by atoms with Crippen LogP contribution in [0.1, 0.15) is 12.8 Å². The molecule has 0 bridgehead atoms. The number of hydrogen-bond acceptors (Lipinski definition) is 7. The Balaban J connectivity index is 1.97. The van der Waals surface area contributed by atoms with Gasteiger partial charge in [0.25, 0.3) is 0 Å². The summed E-state index contributed by atoms with van der Waals surface area (Å²) in [6.45, 7) is 1.40. The Morgan fingerprint density at radius 3 is 2.53 bits per heavy atom.